The first kappa shape index (κ1) is 22.7. The molecular weight excluding hydrogens is 448 g/mol. The van der Waals surface area contributed by atoms with Gasteiger partial charge in [0.05, 0.1) is 35.2 Å². The average molecular weight is 473 g/mol. The Hall–Kier alpha value is -3.44. The van der Waals surface area contributed by atoms with Gasteiger partial charge in [0.15, 0.2) is 0 Å². The number of hydrogen-bond acceptors (Lipinski definition) is 6. The number of rotatable bonds is 8. The summed E-state index contributed by atoms with van der Waals surface area (Å²) < 4.78 is 34.8. The number of nitrogens with two attached hydrogens (primary N) is 1. The average Bonchev–Trinajstić information content (AvgIpc) is 3.37. The molecule has 11 heteroatoms. The molecule has 0 unspecified atom stereocenters. The van der Waals surface area contributed by atoms with Gasteiger partial charge < -0.3 is 15.6 Å². The topological polar surface area (TPSA) is 145 Å². The molecule has 1 aromatic heterocycles. The molecule has 0 aliphatic carbocycles. The van der Waals surface area contributed by atoms with Gasteiger partial charge in [-0.15, -0.1) is 0 Å². The van der Waals surface area contributed by atoms with E-state index in [2.05, 4.69) is 5.10 Å². The van der Waals surface area contributed by atoms with Crippen molar-refractivity contribution in [2.45, 2.75) is 36.7 Å². The predicted molar refractivity (Wildman–Crippen MR) is 119 cm³/mol. The van der Waals surface area contributed by atoms with Gasteiger partial charge in [-0.3, -0.25) is 14.3 Å². The number of para-hydroxylation sites is 1. The Morgan fingerprint density at radius 1 is 1.18 bits per heavy atom. The van der Waals surface area contributed by atoms with Crippen LogP contribution in [-0.2, 0) is 26.0 Å². The lowest BCUT2D eigenvalue weighted by atomic mass is 10.1. The number of benzene rings is 2. The summed E-state index contributed by atoms with van der Waals surface area (Å²) in [5.74, 6) is -1.24. The van der Waals surface area contributed by atoms with E-state index < -0.39 is 34.0 Å². The van der Waals surface area contributed by atoms with Crippen LogP contribution in [0, 0.1) is 0 Å². The van der Waals surface area contributed by atoms with Crippen molar-refractivity contribution < 1.29 is 27.9 Å². The first-order chi connectivity index (χ1) is 15.7. The maximum atomic E-state index is 13.4. The van der Waals surface area contributed by atoms with E-state index in [-0.39, 0.29) is 24.3 Å². The van der Waals surface area contributed by atoms with Gasteiger partial charge in [0.2, 0.25) is 15.9 Å². The van der Waals surface area contributed by atoms with E-state index in [1.165, 1.54) is 12.1 Å². The van der Waals surface area contributed by atoms with Gasteiger partial charge in [-0.2, -0.15) is 9.40 Å². The Morgan fingerprint density at radius 3 is 2.52 bits per heavy atom. The van der Waals surface area contributed by atoms with Gasteiger partial charge in [-0.1, -0.05) is 18.2 Å². The largest absolute Gasteiger partial charge is 0.494 e. The maximum Gasteiger partial charge on any atom is 0.309 e. The highest BCUT2D eigenvalue weighted by Gasteiger charge is 2.44. The first-order valence-corrected chi connectivity index (χ1v) is 11.9. The fraction of sp³-hybridized carbons (Fsp3) is 0.318. The van der Waals surface area contributed by atoms with Crippen molar-refractivity contribution in [1.29, 1.82) is 0 Å². The summed E-state index contributed by atoms with van der Waals surface area (Å²) >= 11 is 0. The number of primary amides is 1. The smallest absolute Gasteiger partial charge is 0.309 e. The molecule has 33 heavy (non-hydrogen) atoms. The Kier molecular flexibility index (Phi) is 6.09. The SMILES string of the molecule is CCOc1ccc(S(=O)(=O)N2C[C@H](n3nc(CC(=O)O)c4ccccc43)C[C@H]2C(N)=O)cc1. The molecule has 1 aliphatic heterocycles. The Morgan fingerprint density at radius 2 is 1.88 bits per heavy atom. The fourth-order valence-electron chi connectivity index (χ4n) is 4.20. The van der Waals surface area contributed by atoms with E-state index in [0.717, 1.165) is 4.31 Å². The third-order valence-electron chi connectivity index (χ3n) is 5.66. The molecule has 0 saturated carbocycles. The van der Waals surface area contributed by atoms with E-state index >= 15 is 0 Å². The number of nitrogens with zero attached hydrogens (tertiary/aromatic N) is 3. The summed E-state index contributed by atoms with van der Waals surface area (Å²) in [5.41, 5.74) is 6.62. The highest BCUT2D eigenvalue weighted by molar-refractivity contribution is 7.89. The lowest BCUT2D eigenvalue weighted by Gasteiger charge is -2.21. The second-order valence-corrected chi connectivity index (χ2v) is 9.66. The Labute approximate surface area is 190 Å². The molecule has 0 spiro atoms. The molecule has 10 nitrogen and oxygen atoms in total. The number of aliphatic carboxylic acids is 1. The highest BCUT2D eigenvalue weighted by Crippen LogP contribution is 2.35. The van der Waals surface area contributed by atoms with Crippen molar-refractivity contribution >= 4 is 32.8 Å². The van der Waals surface area contributed by atoms with Gasteiger partial charge in [0.1, 0.15) is 11.8 Å². The minimum Gasteiger partial charge on any atom is -0.494 e. The maximum absolute atomic E-state index is 13.4. The van der Waals surface area contributed by atoms with Crippen LogP contribution < -0.4 is 10.5 Å². The lowest BCUT2D eigenvalue weighted by molar-refractivity contribution is -0.136. The highest BCUT2D eigenvalue weighted by atomic mass is 32.2. The van der Waals surface area contributed by atoms with Gasteiger partial charge in [-0.25, -0.2) is 8.42 Å². The number of fused-ring (bicyclic) bond motifs is 1. The second-order valence-electron chi connectivity index (χ2n) is 7.77. The number of aromatic nitrogens is 2. The van der Waals surface area contributed by atoms with Crippen LogP contribution in [0.15, 0.2) is 53.4 Å². The fourth-order valence-corrected chi connectivity index (χ4v) is 5.85. The van der Waals surface area contributed by atoms with Crippen molar-refractivity contribution in [2.24, 2.45) is 5.73 Å². The number of carboxylic acid groups (broad SMARTS) is 1. The molecule has 174 valence electrons. The zero-order chi connectivity index (χ0) is 23.8. The number of ether oxygens (including phenoxy) is 1. The van der Waals surface area contributed by atoms with Crippen molar-refractivity contribution in [2.75, 3.05) is 13.2 Å². The zero-order valence-electron chi connectivity index (χ0n) is 17.9. The number of hydrogen-bond donors (Lipinski definition) is 2. The van der Waals surface area contributed by atoms with E-state index in [0.29, 0.717) is 29.0 Å². The van der Waals surface area contributed by atoms with Crippen molar-refractivity contribution in [3.05, 3.63) is 54.2 Å². The molecule has 2 heterocycles. The molecule has 3 N–H and O–H groups in total. The summed E-state index contributed by atoms with van der Waals surface area (Å²) in [4.78, 5) is 23.5. The second kappa shape index (κ2) is 8.83. The Balaban J connectivity index is 1.70. The monoisotopic (exact) mass is 472 g/mol. The van der Waals surface area contributed by atoms with Crippen molar-refractivity contribution in [3.8, 4) is 5.75 Å². The summed E-state index contributed by atoms with van der Waals surface area (Å²) in [5, 5.41) is 14.4. The third kappa shape index (κ3) is 4.29. The Bertz CT molecular complexity index is 1300. The van der Waals surface area contributed by atoms with Gasteiger partial charge in [-0.05, 0) is 43.7 Å². The molecule has 4 rings (SSSR count). The standard InChI is InChI=1S/C22H24N4O6S/c1-2-32-15-7-9-16(10-8-15)33(30,31)25-13-14(11-20(25)22(23)29)26-19-6-4-3-5-17(19)18(24-26)12-21(27)28/h3-10,14,20H,2,11-13H2,1H3,(H2,23,29)(H,27,28)/t14-,20+/m1/s1. The third-order valence-corrected chi connectivity index (χ3v) is 7.55. The van der Waals surface area contributed by atoms with Crippen molar-refractivity contribution in [3.63, 3.8) is 0 Å². The van der Waals surface area contributed by atoms with Crippen LogP contribution in [0.2, 0.25) is 0 Å². The van der Waals surface area contributed by atoms with E-state index in [1.54, 1.807) is 41.1 Å². The molecular formula is C22H24N4O6S. The summed E-state index contributed by atoms with van der Waals surface area (Å²) in [6.07, 6.45) is -0.141. The van der Waals surface area contributed by atoms with Crippen LogP contribution in [0.1, 0.15) is 25.1 Å². The minimum absolute atomic E-state index is 0.0229. The van der Waals surface area contributed by atoms with Crippen LogP contribution in [0.3, 0.4) is 0 Å². The summed E-state index contributed by atoms with van der Waals surface area (Å²) in [6.45, 7) is 2.25. The zero-order valence-corrected chi connectivity index (χ0v) is 18.7. The summed E-state index contributed by atoms with van der Waals surface area (Å²) in [7, 11) is -4.03. The van der Waals surface area contributed by atoms with E-state index in [4.69, 9.17) is 10.5 Å². The lowest BCUT2D eigenvalue weighted by Crippen LogP contribution is -2.43. The molecule has 0 bridgehead atoms. The van der Waals surface area contributed by atoms with Crippen LogP contribution in [0.4, 0.5) is 0 Å². The minimum atomic E-state index is -4.03. The molecule has 3 aromatic rings. The van der Waals surface area contributed by atoms with Gasteiger partial charge in [0.25, 0.3) is 0 Å². The number of carbonyl (C=O) groups is 2. The number of carboxylic acids is 1. The van der Waals surface area contributed by atoms with Crippen LogP contribution in [0.25, 0.3) is 10.9 Å². The normalized spacial score (nSPS) is 19.1. The number of carbonyl (C=O) groups excluding carboxylic acids is 1. The van der Waals surface area contributed by atoms with Crippen molar-refractivity contribution in [1.82, 2.24) is 14.1 Å². The number of amides is 1. The number of sulfonamides is 1. The van der Waals surface area contributed by atoms with Crippen LogP contribution >= 0.6 is 0 Å². The van der Waals surface area contributed by atoms with E-state index in [9.17, 15) is 23.1 Å². The van der Waals surface area contributed by atoms with Crippen LogP contribution in [-0.4, -0.2) is 58.7 Å². The molecule has 1 saturated heterocycles. The van der Waals surface area contributed by atoms with E-state index in [1.807, 2.05) is 6.92 Å². The molecule has 2 atom stereocenters. The molecule has 1 fully saturated rings. The first-order valence-electron chi connectivity index (χ1n) is 10.4. The molecule has 1 aliphatic rings. The van der Waals surface area contributed by atoms with Crippen LogP contribution in [0.5, 0.6) is 5.75 Å². The molecule has 1 amide bonds. The predicted octanol–water partition coefficient (Wildman–Crippen LogP) is 1.55. The van der Waals surface area contributed by atoms with Gasteiger partial charge in [0, 0.05) is 11.9 Å². The van der Waals surface area contributed by atoms with Gasteiger partial charge >= 0.3 is 5.97 Å². The quantitative estimate of drug-likeness (QED) is 0.506. The summed E-state index contributed by atoms with van der Waals surface area (Å²) in [6, 6.07) is 11.6. The molecule has 2 aromatic carbocycles. The molecule has 0 radical (unpaired) electrons.